The molecule has 0 unspecified atom stereocenters. The number of carbonyl (C=O) groups excluding carboxylic acids is 1. The van der Waals surface area contributed by atoms with Gasteiger partial charge in [-0.25, -0.2) is 4.39 Å². The van der Waals surface area contributed by atoms with Crippen molar-refractivity contribution in [1.29, 1.82) is 0 Å². The summed E-state index contributed by atoms with van der Waals surface area (Å²) in [6, 6.07) is 6.94. The molecule has 25 heavy (non-hydrogen) atoms. The Balaban J connectivity index is 1.60. The topological polar surface area (TPSA) is 65.5 Å². The van der Waals surface area contributed by atoms with Crippen molar-refractivity contribution in [1.82, 2.24) is 16.0 Å². The molecule has 0 radical (unpaired) electrons. The molecule has 1 aliphatic carbocycles. The lowest BCUT2D eigenvalue weighted by Gasteiger charge is -2.22. The van der Waals surface area contributed by atoms with Gasteiger partial charge in [0.2, 0.25) is 5.91 Å². The molecule has 1 saturated carbocycles. The van der Waals surface area contributed by atoms with E-state index in [0.717, 1.165) is 18.4 Å². The van der Waals surface area contributed by atoms with E-state index in [0.29, 0.717) is 37.9 Å². The summed E-state index contributed by atoms with van der Waals surface area (Å²) in [5, 5.41) is 9.42. The lowest BCUT2D eigenvalue weighted by Crippen LogP contribution is -2.41. The first-order valence-electron chi connectivity index (χ1n) is 9.15. The van der Waals surface area contributed by atoms with Crippen LogP contribution in [0.2, 0.25) is 0 Å². The molecule has 0 saturated heterocycles. The molecular weight excluding hydrogens is 319 g/mol. The van der Waals surface area contributed by atoms with Crippen molar-refractivity contribution in [2.24, 2.45) is 4.99 Å². The van der Waals surface area contributed by atoms with E-state index >= 15 is 0 Å². The summed E-state index contributed by atoms with van der Waals surface area (Å²) in [7, 11) is 1.69. The van der Waals surface area contributed by atoms with Crippen molar-refractivity contribution >= 4 is 11.9 Å². The summed E-state index contributed by atoms with van der Waals surface area (Å²) in [5.41, 5.74) is 0.940. The second-order valence-corrected chi connectivity index (χ2v) is 6.46. The van der Waals surface area contributed by atoms with Crippen molar-refractivity contribution in [2.45, 2.75) is 51.0 Å². The fourth-order valence-corrected chi connectivity index (χ4v) is 3.08. The molecule has 1 aromatic carbocycles. The maximum Gasteiger partial charge on any atom is 0.221 e. The van der Waals surface area contributed by atoms with Crippen LogP contribution in [0, 0.1) is 5.82 Å². The molecule has 1 aromatic rings. The molecule has 0 heterocycles. The Bertz CT molecular complexity index is 570. The summed E-state index contributed by atoms with van der Waals surface area (Å²) >= 11 is 0. The Morgan fingerprint density at radius 2 is 1.96 bits per heavy atom. The number of guanidine groups is 1. The van der Waals surface area contributed by atoms with Crippen LogP contribution in [0.3, 0.4) is 0 Å². The van der Waals surface area contributed by atoms with E-state index in [1.807, 2.05) is 6.07 Å². The first-order chi connectivity index (χ1) is 12.2. The van der Waals surface area contributed by atoms with E-state index in [2.05, 4.69) is 20.9 Å². The fourth-order valence-electron chi connectivity index (χ4n) is 3.08. The lowest BCUT2D eigenvalue weighted by atomic mass is 9.95. The second kappa shape index (κ2) is 10.7. The molecule has 5 nitrogen and oxygen atoms in total. The number of amides is 1. The third-order valence-corrected chi connectivity index (χ3v) is 4.43. The monoisotopic (exact) mass is 348 g/mol. The molecule has 0 spiro atoms. The average Bonchev–Trinajstić information content (AvgIpc) is 2.61. The van der Waals surface area contributed by atoms with Crippen LogP contribution in [0.1, 0.15) is 44.1 Å². The normalized spacial score (nSPS) is 15.7. The second-order valence-electron chi connectivity index (χ2n) is 6.46. The van der Waals surface area contributed by atoms with Crippen LogP contribution in [0.25, 0.3) is 0 Å². The first kappa shape index (κ1) is 19.2. The predicted octanol–water partition coefficient (Wildman–Crippen LogP) is 2.37. The zero-order chi connectivity index (χ0) is 17.9. The molecule has 6 heteroatoms. The number of nitrogens with zero attached hydrogens (tertiary/aromatic N) is 1. The summed E-state index contributed by atoms with van der Waals surface area (Å²) in [6.45, 7) is 1.19. The Morgan fingerprint density at radius 1 is 1.20 bits per heavy atom. The number of hydrogen-bond donors (Lipinski definition) is 3. The summed E-state index contributed by atoms with van der Waals surface area (Å²) < 4.78 is 13.1. The van der Waals surface area contributed by atoms with Crippen LogP contribution in [0.4, 0.5) is 4.39 Å². The van der Waals surface area contributed by atoms with Crippen LogP contribution in [-0.4, -0.2) is 38.0 Å². The third kappa shape index (κ3) is 7.54. The summed E-state index contributed by atoms with van der Waals surface area (Å²) in [4.78, 5) is 16.1. The van der Waals surface area contributed by atoms with Gasteiger partial charge < -0.3 is 16.0 Å². The van der Waals surface area contributed by atoms with Gasteiger partial charge in [0.1, 0.15) is 5.82 Å². The van der Waals surface area contributed by atoms with Gasteiger partial charge in [-0.15, -0.1) is 0 Å². The minimum atomic E-state index is -0.219. The zero-order valence-corrected chi connectivity index (χ0v) is 15.0. The molecule has 138 valence electrons. The van der Waals surface area contributed by atoms with Crippen LogP contribution in [0.5, 0.6) is 0 Å². The largest absolute Gasteiger partial charge is 0.356 e. The van der Waals surface area contributed by atoms with Crippen LogP contribution >= 0.6 is 0 Å². The SMILES string of the molecule is CN=C(NCCC(=O)NC1CCCCC1)NCCc1cccc(F)c1. The lowest BCUT2D eigenvalue weighted by molar-refractivity contribution is -0.121. The van der Waals surface area contributed by atoms with E-state index in [1.54, 1.807) is 13.1 Å². The van der Waals surface area contributed by atoms with Gasteiger partial charge >= 0.3 is 0 Å². The minimum absolute atomic E-state index is 0.0922. The average molecular weight is 348 g/mol. The number of hydrogen-bond acceptors (Lipinski definition) is 2. The van der Waals surface area contributed by atoms with Crippen LogP contribution in [0.15, 0.2) is 29.3 Å². The molecule has 0 aromatic heterocycles. The Labute approximate surface area is 149 Å². The molecule has 1 fully saturated rings. The maximum atomic E-state index is 13.1. The van der Waals surface area contributed by atoms with Gasteiger partial charge in [-0.2, -0.15) is 0 Å². The quantitative estimate of drug-likeness (QED) is 0.524. The highest BCUT2D eigenvalue weighted by molar-refractivity contribution is 5.81. The van der Waals surface area contributed by atoms with Crippen LogP contribution in [-0.2, 0) is 11.2 Å². The van der Waals surface area contributed by atoms with Gasteiger partial charge in [0.05, 0.1) is 0 Å². The molecule has 0 atom stereocenters. The van der Waals surface area contributed by atoms with Crippen molar-refractivity contribution in [3.8, 4) is 0 Å². The highest BCUT2D eigenvalue weighted by atomic mass is 19.1. The van der Waals surface area contributed by atoms with E-state index in [-0.39, 0.29) is 11.7 Å². The molecular formula is C19H29FN4O. The molecule has 1 amide bonds. The number of nitrogens with one attached hydrogen (secondary N) is 3. The van der Waals surface area contributed by atoms with Crippen molar-refractivity contribution in [3.05, 3.63) is 35.6 Å². The number of rotatable bonds is 7. The van der Waals surface area contributed by atoms with Gasteiger partial charge in [-0.05, 0) is 37.0 Å². The summed E-state index contributed by atoms with van der Waals surface area (Å²) in [6.07, 6.45) is 7.05. The van der Waals surface area contributed by atoms with E-state index in [9.17, 15) is 9.18 Å². The van der Waals surface area contributed by atoms with Gasteiger partial charge in [-0.1, -0.05) is 31.4 Å². The Kier molecular flexibility index (Phi) is 8.22. The summed E-state index contributed by atoms with van der Waals surface area (Å²) in [5.74, 6) is 0.528. The smallest absolute Gasteiger partial charge is 0.221 e. The standard InChI is InChI=1S/C19H29FN4O/c1-21-19(22-12-10-15-6-5-7-16(20)14-15)23-13-11-18(25)24-17-8-3-2-4-9-17/h5-7,14,17H,2-4,8-13H2,1H3,(H,24,25)(H2,21,22,23). The third-order valence-electron chi connectivity index (χ3n) is 4.43. The number of benzene rings is 1. The maximum absolute atomic E-state index is 13.1. The van der Waals surface area contributed by atoms with E-state index in [1.165, 1.54) is 31.4 Å². The highest BCUT2D eigenvalue weighted by Gasteiger charge is 2.15. The van der Waals surface area contributed by atoms with Gasteiger partial charge in [-0.3, -0.25) is 9.79 Å². The number of halogens is 1. The highest BCUT2D eigenvalue weighted by Crippen LogP contribution is 2.17. The Morgan fingerprint density at radius 3 is 2.68 bits per heavy atom. The number of aliphatic imine (C=N–C) groups is 1. The zero-order valence-electron chi connectivity index (χ0n) is 15.0. The van der Waals surface area contributed by atoms with E-state index < -0.39 is 0 Å². The van der Waals surface area contributed by atoms with Gasteiger partial charge in [0.25, 0.3) is 0 Å². The molecule has 2 rings (SSSR count). The minimum Gasteiger partial charge on any atom is -0.356 e. The van der Waals surface area contributed by atoms with E-state index in [4.69, 9.17) is 0 Å². The van der Waals surface area contributed by atoms with Crippen molar-refractivity contribution in [3.63, 3.8) is 0 Å². The van der Waals surface area contributed by atoms with Crippen molar-refractivity contribution < 1.29 is 9.18 Å². The van der Waals surface area contributed by atoms with Crippen LogP contribution < -0.4 is 16.0 Å². The molecule has 0 bridgehead atoms. The molecule has 3 N–H and O–H groups in total. The number of carbonyl (C=O) groups is 1. The molecule has 1 aliphatic rings. The first-order valence-corrected chi connectivity index (χ1v) is 9.15. The van der Waals surface area contributed by atoms with Gasteiger partial charge in [0.15, 0.2) is 5.96 Å². The predicted molar refractivity (Wildman–Crippen MR) is 99.1 cm³/mol. The van der Waals surface area contributed by atoms with Gasteiger partial charge in [0, 0.05) is 32.6 Å². The van der Waals surface area contributed by atoms with Crippen molar-refractivity contribution in [2.75, 3.05) is 20.1 Å². The molecule has 0 aliphatic heterocycles. The fraction of sp³-hybridized carbons (Fsp3) is 0.579. The Hall–Kier alpha value is -2.11.